The quantitative estimate of drug-likeness (QED) is 0.674. The second-order valence-electron chi connectivity index (χ2n) is 2.93. The fraction of sp³-hybridized carbons (Fsp3) is 0.0909. The molecular weight excluding hydrogens is 324 g/mol. The molecule has 1 aromatic heterocycles. The molecule has 0 aliphatic rings. The van der Waals surface area contributed by atoms with Crippen LogP contribution in [0, 0.1) is 0 Å². The van der Waals surface area contributed by atoms with Gasteiger partial charge in [0.2, 0.25) is 0 Å². The van der Waals surface area contributed by atoms with E-state index in [0.29, 0.717) is 0 Å². The largest absolute Gasteiger partial charge is 0.143 e. The topological polar surface area (TPSA) is 0 Å². The molecule has 0 saturated carbocycles. The highest BCUT2D eigenvalue weighted by molar-refractivity contribution is 9.10. The smallest absolute Gasteiger partial charge is 0.0484 e. The van der Waals surface area contributed by atoms with Crippen LogP contribution in [0.15, 0.2) is 40.2 Å². The highest BCUT2D eigenvalue weighted by Gasteiger charge is 2.03. The average Bonchev–Trinajstić information content (AvgIpc) is 2.65. The van der Waals surface area contributed by atoms with Gasteiger partial charge in [0.15, 0.2) is 0 Å². The normalized spacial score (nSPS) is 10.4. The maximum atomic E-state index is 3.54. The maximum absolute atomic E-state index is 3.54. The molecule has 2 aromatic rings. The number of thiophene rings is 1. The zero-order valence-electron chi connectivity index (χ0n) is 7.34. The lowest BCUT2D eigenvalue weighted by Crippen LogP contribution is -1.77. The van der Waals surface area contributed by atoms with E-state index in [-0.39, 0.29) is 0 Å². The monoisotopic (exact) mass is 330 g/mol. The Morgan fingerprint density at radius 1 is 1.07 bits per heavy atom. The molecule has 0 bridgehead atoms. The summed E-state index contributed by atoms with van der Waals surface area (Å²) in [6, 6.07) is 10.7. The molecule has 0 saturated heterocycles. The molecule has 1 heterocycles. The Morgan fingerprint density at radius 2 is 1.79 bits per heavy atom. The molecular formula is C11H8Br2S. The number of halogens is 2. The van der Waals surface area contributed by atoms with Crippen molar-refractivity contribution in [2.24, 2.45) is 0 Å². The van der Waals surface area contributed by atoms with E-state index in [9.17, 15) is 0 Å². The summed E-state index contributed by atoms with van der Waals surface area (Å²) in [6.45, 7) is 0. The van der Waals surface area contributed by atoms with Gasteiger partial charge in [-0.1, -0.05) is 40.2 Å². The molecule has 0 atom stereocenters. The second-order valence-corrected chi connectivity index (χ2v) is 5.26. The second kappa shape index (κ2) is 4.60. The van der Waals surface area contributed by atoms with Crippen LogP contribution in [0.3, 0.4) is 0 Å². The lowest BCUT2D eigenvalue weighted by molar-refractivity contribution is 1.44. The first-order valence-electron chi connectivity index (χ1n) is 4.19. The molecule has 0 amide bonds. The molecule has 0 N–H and O–H groups in total. The first-order chi connectivity index (χ1) is 6.81. The van der Waals surface area contributed by atoms with E-state index in [1.807, 2.05) is 0 Å². The van der Waals surface area contributed by atoms with E-state index in [4.69, 9.17) is 0 Å². The van der Waals surface area contributed by atoms with Gasteiger partial charge in [0.1, 0.15) is 0 Å². The summed E-state index contributed by atoms with van der Waals surface area (Å²) in [5, 5.41) is 3.01. The highest BCUT2D eigenvalue weighted by atomic mass is 79.9. The van der Waals surface area contributed by atoms with Gasteiger partial charge in [0, 0.05) is 14.7 Å². The Morgan fingerprint density at radius 3 is 2.29 bits per heavy atom. The predicted molar refractivity (Wildman–Crippen MR) is 70.1 cm³/mol. The van der Waals surface area contributed by atoms with E-state index < -0.39 is 0 Å². The van der Waals surface area contributed by atoms with Crippen LogP contribution in [0.5, 0.6) is 0 Å². The van der Waals surface area contributed by atoms with Gasteiger partial charge in [-0.25, -0.2) is 0 Å². The lowest BCUT2D eigenvalue weighted by Gasteiger charge is -2.00. The van der Waals surface area contributed by atoms with Crippen molar-refractivity contribution in [3.05, 3.63) is 45.7 Å². The van der Waals surface area contributed by atoms with Crippen LogP contribution in [0.25, 0.3) is 10.4 Å². The highest BCUT2D eigenvalue weighted by Crippen LogP contribution is 2.33. The molecule has 0 fully saturated rings. The summed E-state index contributed by atoms with van der Waals surface area (Å²) < 4.78 is 1.18. The van der Waals surface area contributed by atoms with Crippen molar-refractivity contribution in [1.82, 2.24) is 0 Å². The van der Waals surface area contributed by atoms with E-state index in [2.05, 4.69) is 67.6 Å². The summed E-state index contributed by atoms with van der Waals surface area (Å²) in [5.74, 6) is 0. The maximum Gasteiger partial charge on any atom is 0.0484 e. The molecule has 14 heavy (non-hydrogen) atoms. The first kappa shape index (κ1) is 10.4. The van der Waals surface area contributed by atoms with Crippen LogP contribution in [-0.2, 0) is 5.33 Å². The summed E-state index contributed by atoms with van der Waals surface area (Å²) in [4.78, 5) is 1.30. The third kappa shape index (κ3) is 2.10. The standard InChI is InChI=1S/C11H8Br2S/c12-7-8-1-3-9(4-2-8)11-10(13)5-6-14-11/h1-6H,7H2. The Hall–Kier alpha value is -0.120. The van der Waals surface area contributed by atoms with E-state index in [1.54, 1.807) is 11.3 Å². The number of alkyl halides is 1. The van der Waals surface area contributed by atoms with Crippen molar-refractivity contribution in [2.45, 2.75) is 5.33 Å². The summed E-state index contributed by atoms with van der Waals surface area (Å²) in [5.41, 5.74) is 2.58. The van der Waals surface area contributed by atoms with Crippen LogP contribution in [0.4, 0.5) is 0 Å². The van der Waals surface area contributed by atoms with E-state index in [1.165, 1.54) is 20.5 Å². The minimum atomic E-state index is 0.916. The van der Waals surface area contributed by atoms with Crippen molar-refractivity contribution in [1.29, 1.82) is 0 Å². The zero-order chi connectivity index (χ0) is 9.97. The van der Waals surface area contributed by atoms with Gasteiger partial charge in [-0.3, -0.25) is 0 Å². The molecule has 1 aromatic carbocycles. The average molecular weight is 332 g/mol. The Balaban J connectivity index is 2.39. The summed E-state index contributed by atoms with van der Waals surface area (Å²) >= 11 is 8.74. The molecule has 0 nitrogen and oxygen atoms in total. The minimum Gasteiger partial charge on any atom is -0.143 e. The Kier molecular flexibility index (Phi) is 3.42. The van der Waals surface area contributed by atoms with Gasteiger partial charge in [-0.15, -0.1) is 11.3 Å². The lowest BCUT2D eigenvalue weighted by atomic mass is 10.1. The SMILES string of the molecule is BrCc1ccc(-c2sccc2Br)cc1. The van der Waals surface area contributed by atoms with Crippen LogP contribution in [0.1, 0.15) is 5.56 Å². The first-order valence-corrected chi connectivity index (χ1v) is 6.99. The fourth-order valence-electron chi connectivity index (χ4n) is 1.24. The number of hydrogen-bond acceptors (Lipinski definition) is 1. The third-order valence-corrected chi connectivity index (χ3v) is 4.52. The molecule has 72 valence electrons. The van der Waals surface area contributed by atoms with Gasteiger partial charge in [-0.2, -0.15) is 0 Å². The van der Waals surface area contributed by atoms with Crippen LogP contribution < -0.4 is 0 Å². The van der Waals surface area contributed by atoms with Gasteiger partial charge < -0.3 is 0 Å². The zero-order valence-corrected chi connectivity index (χ0v) is 11.3. The molecule has 0 aliphatic heterocycles. The number of hydrogen-bond donors (Lipinski definition) is 0. The third-order valence-electron chi connectivity index (χ3n) is 1.99. The number of benzene rings is 1. The predicted octanol–water partition coefficient (Wildman–Crippen LogP) is 5.07. The molecule has 0 radical (unpaired) electrons. The Labute approximate surface area is 104 Å². The van der Waals surface area contributed by atoms with Gasteiger partial charge in [0.05, 0.1) is 0 Å². The van der Waals surface area contributed by atoms with Gasteiger partial charge in [-0.05, 0) is 38.5 Å². The van der Waals surface area contributed by atoms with Crippen LogP contribution in [0.2, 0.25) is 0 Å². The fourth-order valence-corrected chi connectivity index (χ4v) is 3.23. The minimum absolute atomic E-state index is 0.916. The molecule has 0 unspecified atom stereocenters. The Bertz CT molecular complexity index is 417. The van der Waals surface area contributed by atoms with E-state index in [0.717, 1.165) is 5.33 Å². The van der Waals surface area contributed by atoms with Crippen molar-refractivity contribution >= 4 is 43.2 Å². The van der Waals surface area contributed by atoms with Crippen LogP contribution >= 0.6 is 43.2 Å². The van der Waals surface area contributed by atoms with Crippen molar-refractivity contribution in [3.63, 3.8) is 0 Å². The molecule has 0 spiro atoms. The summed E-state index contributed by atoms with van der Waals surface area (Å²) in [6.07, 6.45) is 0. The van der Waals surface area contributed by atoms with Gasteiger partial charge >= 0.3 is 0 Å². The van der Waals surface area contributed by atoms with Crippen molar-refractivity contribution in [2.75, 3.05) is 0 Å². The van der Waals surface area contributed by atoms with Gasteiger partial charge in [0.25, 0.3) is 0 Å². The molecule has 3 heteroatoms. The van der Waals surface area contributed by atoms with E-state index >= 15 is 0 Å². The number of rotatable bonds is 2. The van der Waals surface area contributed by atoms with Crippen LogP contribution in [-0.4, -0.2) is 0 Å². The summed E-state index contributed by atoms with van der Waals surface area (Å²) in [7, 11) is 0. The molecule has 2 rings (SSSR count). The molecule has 0 aliphatic carbocycles. The van der Waals surface area contributed by atoms with Crippen molar-refractivity contribution < 1.29 is 0 Å². The van der Waals surface area contributed by atoms with Crippen molar-refractivity contribution in [3.8, 4) is 10.4 Å².